The maximum absolute atomic E-state index is 12.6. The lowest BCUT2D eigenvalue weighted by Gasteiger charge is -2.26. The summed E-state index contributed by atoms with van der Waals surface area (Å²) in [7, 11) is 0. The second-order valence-electron chi connectivity index (χ2n) is 14.3. The maximum Gasteiger partial charge on any atom is 0.308 e. The van der Waals surface area contributed by atoms with Gasteiger partial charge in [0.25, 0.3) is 0 Å². The molecule has 0 spiro atoms. The highest BCUT2D eigenvalue weighted by molar-refractivity contribution is 5.75. The Hall–Kier alpha value is -1.06. The fourth-order valence-electron chi connectivity index (χ4n) is 6.27. The third-order valence-corrected chi connectivity index (χ3v) is 9.06. The van der Waals surface area contributed by atoms with Gasteiger partial charge in [-0.2, -0.15) is 0 Å². The lowest BCUT2D eigenvalue weighted by Crippen LogP contribution is -2.28. The summed E-state index contributed by atoms with van der Waals surface area (Å²) in [6.07, 6.45) is 17.4. The van der Waals surface area contributed by atoms with Crippen LogP contribution in [0.2, 0.25) is 0 Å². The topological polar surface area (TPSA) is 52.6 Å². The van der Waals surface area contributed by atoms with Gasteiger partial charge >= 0.3 is 11.9 Å². The van der Waals surface area contributed by atoms with Crippen LogP contribution in [0, 0.1) is 34.5 Å². The van der Waals surface area contributed by atoms with Crippen molar-refractivity contribution in [3.05, 3.63) is 0 Å². The molecule has 2 atom stereocenters. The summed E-state index contributed by atoms with van der Waals surface area (Å²) >= 11 is 0. The molecule has 0 aliphatic heterocycles. The summed E-state index contributed by atoms with van der Waals surface area (Å²) in [6, 6.07) is 0. The van der Waals surface area contributed by atoms with Crippen LogP contribution in [0.3, 0.4) is 0 Å². The molecule has 0 amide bonds. The van der Waals surface area contributed by atoms with Crippen molar-refractivity contribution in [2.45, 2.75) is 158 Å². The predicted octanol–water partition coefficient (Wildman–Crippen LogP) is 9.92. The average molecular weight is 537 g/mol. The number of hydrogen-bond acceptors (Lipinski definition) is 4. The Kier molecular flexibility index (Phi) is 16.9. The van der Waals surface area contributed by atoms with E-state index in [1.54, 1.807) is 0 Å². The molecule has 0 saturated heterocycles. The molecule has 2 unspecified atom stereocenters. The van der Waals surface area contributed by atoms with Gasteiger partial charge in [-0.3, -0.25) is 9.59 Å². The van der Waals surface area contributed by atoms with Gasteiger partial charge in [0, 0.05) is 0 Å². The molecule has 1 rings (SSSR count). The first-order chi connectivity index (χ1) is 17.9. The lowest BCUT2D eigenvalue weighted by molar-refractivity contribution is -0.155. The fraction of sp³-hybridized carbons (Fsp3) is 0.941. The van der Waals surface area contributed by atoms with Crippen LogP contribution in [-0.4, -0.2) is 25.2 Å². The summed E-state index contributed by atoms with van der Waals surface area (Å²) in [5, 5.41) is 0. The zero-order valence-electron chi connectivity index (χ0n) is 26.7. The first kappa shape index (κ1) is 35.0. The Morgan fingerprint density at radius 2 is 0.974 bits per heavy atom. The zero-order chi connectivity index (χ0) is 28.6. The molecule has 1 aliphatic rings. The molecule has 0 aromatic carbocycles. The second kappa shape index (κ2) is 18.3. The summed E-state index contributed by atoms with van der Waals surface area (Å²) in [5.74, 6) is 0.929. The highest BCUT2D eigenvalue weighted by atomic mass is 16.5. The zero-order valence-corrected chi connectivity index (χ0v) is 26.7. The average Bonchev–Trinajstić information content (AvgIpc) is 2.83. The van der Waals surface area contributed by atoms with Crippen molar-refractivity contribution in [2.24, 2.45) is 34.5 Å². The molecule has 4 heteroatoms. The lowest BCUT2D eigenvalue weighted by atomic mass is 9.82. The molecule has 1 saturated carbocycles. The molecule has 0 radical (unpaired) electrons. The molecule has 0 aromatic heterocycles. The molecule has 0 bridgehead atoms. The van der Waals surface area contributed by atoms with E-state index in [-0.39, 0.29) is 23.8 Å². The van der Waals surface area contributed by atoms with E-state index < -0.39 is 0 Å². The molecule has 1 fully saturated rings. The van der Waals surface area contributed by atoms with Crippen molar-refractivity contribution in [3.63, 3.8) is 0 Å². The van der Waals surface area contributed by atoms with Crippen LogP contribution >= 0.6 is 0 Å². The van der Waals surface area contributed by atoms with E-state index in [0.717, 1.165) is 38.5 Å². The molecule has 4 nitrogen and oxygen atoms in total. The Morgan fingerprint density at radius 3 is 1.29 bits per heavy atom. The van der Waals surface area contributed by atoms with Crippen molar-refractivity contribution in [2.75, 3.05) is 13.2 Å². The monoisotopic (exact) mass is 536 g/mol. The van der Waals surface area contributed by atoms with E-state index in [1.807, 2.05) is 0 Å². The van der Waals surface area contributed by atoms with Gasteiger partial charge in [0.15, 0.2) is 0 Å². The summed E-state index contributed by atoms with van der Waals surface area (Å²) in [6.45, 7) is 19.6. The Morgan fingerprint density at radius 1 is 0.632 bits per heavy atom. The van der Waals surface area contributed by atoms with Gasteiger partial charge in [-0.1, -0.05) is 93.9 Å². The molecule has 1 aliphatic carbocycles. The summed E-state index contributed by atoms with van der Waals surface area (Å²) in [4.78, 5) is 25.1. The van der Waals surface area contributed by atoms with Crippen LogP contribution in [-0.2, 0) is 19.1 Å². The third kappa shape index (κ3) is 15.5. The van der Waals surface area contributed by atoms with Crippen molar-refractivity contribution < 1.29 is 19.1 Å². The summed E-state index contributed by atoms with van der Waals surface area (Å²) in [5.41, 5.74) is 0.881. The van der Waals surface area contributed by atoms with Crippen LogP contribution in [0.25, 0.3) is 0 Å². The van der Waals surface area contributed by atoms with Crippen LogP contribution < -0.4 is 0 Å². The Labute approximate surface area is 236 Å². The van der Waals surface area contributed by atoms with Gasteiger partial charge < -0.3 is 9.47 Å². The molecule has 0 heterocycles. The SMILES string of the molecule is CCCC(C)(C)CCCC(C)CCOC(=O)C1CCC(C(=O)OCCC(C)CCCC(C)(C)CCC)CC1. The van der Waals surface area contributed by atoms with Gasteiger partial charge in [0.05, 0.1) is 25.0 Å². The summed E-state index contributed by atoms with van der Waals surface area (Å²) < 4.78 is 11.3. The van der Waals surface area contributed by atoms with Gasteiger partial charge in [-0.15, -0.1) is 0 Å². The van der Waals surface area contributed by atoms with Crippen LogP contribution in [0.15, 0.2) is 0 Å². The minimum atomic E-state index is -0.0657. The molecule has 224 valence electrons. The van der Waals surface area contributed by atoms with Gasteiger partial charge in [0.2, 0.25) is 0 Å². The minimum absolute atomic E-state index is 0.0545. The molecule has 38 heavy (non-hydrogen) atoms. The Bertz CT molecular complexity index is 589. The number of hydrogen-bond donors (Lipinski definition) is 0. The maximum atomic E-state index is 12.6. The number of carbonyl (C=O) groups is 2. The van der Waals surface area contributed by atoms with Crippen molar-refractivity contribution >= 4 is 11.9 Å². The van der Waals surface area contributed by atoms with Crippen LogP contribution in [0.5, 0.6) is 0 Å². The molecular weight excluding hydrogens is 472 g/mol. The highest BCUT2D eigenvalue weighted by Gasteiger charge is 2.31. The van der Waals surface area contributed by atoms with E-state index in [2.05, 4.69) is 55.4 Å². The van der Waals surface area contributed by atoms with E-state index in [4.69, 9.17) is 9.47 Å². The van der Waals surface area contributed by atoms with Gasteiger partial charge in [-0.25, -0.2) is 0 Å². The first-order valence-electron chi connectivity index (χ1n) is 16.2. The largest absolute Gasteiger partial charge is 0.465 e. The third-order valence-electron chi connectivity index (χ3n) is 9.06. The molecule has 0 aromatic rings. The second-order valence-corrected chi connectivity index (χ2v) is 14.3. The van der Waals surface area contributed by atoms with E-state index in [1.165, 1.54) is 64.2 Å². The number of carbonyl (C=O) groups excluding carboxylic acids is 2. The molecular formula is C34H64O4. The van der Waals surface area contributed by atoms with Crippen LogP contribution in [0.4, 0.5) is 0 Å². The number of esters is 2. The van der Waals surface area contributed by atoms with E-state index in [9.17, 15) is 9.59 Å². The fourth-order valence-corrected chi connectivity index (χ4v) is 6.27. The van der Waals surface area contributed by atoms with Crippen molar-refractivity contribution in [1.82, 2.24) is 0 Å². The normalized spacial score (nSPS) is 20.1. The van der Waals surface area contributed by atoms with Crippen molar-refractivity contribution in [3.8, 4) is 0 Å². The molecule has 0 N–H and O–H groups in total. The smallest absolute Gasteiger partial charge is 0.308 e. The minimum Gasteiger partial charge on any atom is -0.465 e. The van der Waals surface area contributed by atoms with E-state index in [0.29, 0.717) is 35.9 Å². The first-order valence-corrected chi connectivity index (χ1v) is 16.2. The number of ether oxygens (including phenoxy) is 2. The standard InChI is InChI=1S/C34H64O4/c1-9-21-33(5,6)23-11-13-27(3)19-25-37-31(35)29-15-17-30(18-16-29)32(36)38-26-20-28(4)14-12-24-34(7,8)22-10-2/h27-30H,9-26H2,1-8H3. The predicted molar refractivity (Wildman–Crippen MR) is 160 cm³/mol. The van der Waals surface area contributed by atoms with Crippen molar-refractivity contribution in [1.29, 1.82) is 0 Å². The van der Waals surface area contributed by atoms with Gasteiger partial charge in [0.1, 0.15) is 0 Å². The van der Waals surface area contributed by atoms with E-state index >= 15 is 0 Å². The Balaban J connectivity index is 2.16. The van der Waals surface area contributed by atoms with Crippen LogP contribution in [0.1, 0.15) is 158 Å². The highest BCUT2D eigenvalue weighted by Crippen LogP contribution is 2.32. The number of rotatable bonds is 20. The van der Waals surface area contributed by atoms with Gasteiger partial charge in [-0.05, 0) is 86.9 Å². The quantitative estimate of drug-likeness (QED) is 0.145.